The Labute approximate surface area is 128 Å². The van der Waals surface area contributed by atoms with E-state index in [9.17, 15) is 14.0 Å². The van der Waals surface area contributed by atoms with Gasteiger partial charge in [0.15, 0.2) is 5.82 Å². The standard InChI is InChI=1S/C15H21FN2O2S/c1-6-11(10(2)19)12-7-8-17-13(14(12)16)9-18-21(20)15(3,4)5/h6-8,18-19H,1,9H2,2-5H3/b11-10-/t21-/m0/s1. The Bertz CT molecular complexity index is 549. The van der Waals surface area contributed by atoms with Gasteiger partial charge in [-0.15, -0.1) is 4.72 Å². The first-order chi connectivity index (χ1) is 9.68. The van der Waals surface area contributed by atoms with Crippen LogP contribution in [0.15, 0.2) is 30.7 Å². The molecular formula is C15H21FN2O2S. The Kier molecular flexibility index (Phi) is 5.95. The molecule has 0 saturated carbocycles. The van der Waals surface area contributed by atoms with Crippen molar-refractivity contribution in [2.45, 2.75) is 39.0 Å². The van der Waals surface area contributed by atoms with Crippen LogP contribution >= 0.6 is 0 Å². The molecule has 116 valence electrons. The average Bonchev–Trinajstić information content (AvgIpc) is 2.38. The topological polar surface area (TPSA) is 68.2 Å². The van der Waals surface area contributed by atoms with Crippen LogP contribution in [-0.4, -0.2) is 19.4 Å². The monoisotopic (exact) mass is 312 g/mol. The van der Waals surface area contributed by atoms with Crippen LogP contribution in [-0.2, 0) is 17.9 Å². The quantitative estimate of drug-likeness (QED) is 0.497. The van der Waals surface area contributed by atoms with Crippen molar-refractivity contribution in [2.24, 2.45) is 0 Å². The first-order valence-electron chi connectivity index (χ1n) is 6.50. The number of allylic oxidation sites excluding steroid dienone is 3. The van der Waals surface area contributed by atoms with Gasteiger partial charge in [0.1, 0.15) is 4.75 Å². The van der Waals surface area contributed by atoms with E-state index in [1.807, 2.05) is 20.8 Å². The maximum Gasteiger partial charge on any atom is 0.154 e. The van der Waals surface area contributed by atoms with Crippen molar-refractivity contribution in [1.82, 2.24) is 9.71 Å². The normalized spacial score (nSPS) is 14.6. The molecule has 4 nitrogen and oxygen atoms in total. The van der Waals surface area contributed by atoms with E-state index in [2.05, 4.69) is 16.3 Å². The molecule has 0 fully saturated rings. The van der Waals surface area contributed by atoms with Gasteiger partial charge in [-0.2, -0.15) is 0 Å². The third-order valence-corrected chi connectivity index (χ3v) is 4.29. The zero-order valence-electron chi connectivity index (χ0n) is 12.7. The fraction of sp³-hybridized carbons (Fsp3) is 0.400. The van der Waals surface area contributed by atoms with E-state index in [-0.39, 0.29) is 23.6 Å². The van der Waals surface area contributed by atoms with Crippen molar-refractivity contribution in [3.05, 3.63) is 47.8 Å². The summed E-state index contributed by atoms with van der Waals surface area (Å²) < 4.78 is 28.7. The summed E-state index contributed by atoms with van der Waals surface area (Å²) in [6, 6.07) is 1.47. The molecule has 0 spiro atoms. The van der Waals surface area contributed by atoms with E-state index in [1.54, 1.807) is 0 Å². The molecule has 0 unspecified atom stereocenters. The maximum absolute atomic E-state index is 14.4. The first kappa shape index (κ1) is 17.7. The molecule has 0 aliphatic rings. The van der Waals surface area contributed by atoms with Gasteiger partial charge in [-0.3, -0.25) is 4.98 Å². The highest BCUT2D eigenvalue weighted by Crippen LogP contribution is 2.23. The van der Waals surface area contributed by atoms with Crippen molar-refractivity contribution in [3.8, 4) is 0 Å². The Morgan fingerprint density at radius 2 is 2.19 bits per heavy atom. The molecule has 1 aromatic rings. The Morgan fingerprint density at radius 1 is 1.57 bits per heavy atom. The number of nitrogens with one attached hydrogen (secondary N) is 1. The molecule has 0 bridgehead atoms. The fourth-order valence-electron chi connectivity index (χ4n) is 1.62. The number of aliphatic hydroxyl groups excluding tert-OH is 1. The van der Waals surface area contributed by atoms with Gasteiger partial charge in [-0.1, -0.05) is 12.7 Å². The van der Waals surface area contributed by atoms with Gasteiger partial charge < -0.3 is 9.66 Å². The third-order valence-electron chi connectivity index (χ3n) is 2.77. The van der Waals surface area contributed by atoms with E-state index in [4.69, 9.17) is 0 Å². The van der Waals surface area contributed by atoms with E-state index in [0.717, 1.165) is 0 Å². The molecule has 21 heavy (non-hydrogen) atoms. The summed E-state index contributed by atoms with van der Waals surface area (Å²) >= 11 is -1.31. The number of pyridine rings is 1. The van der Waals surface area contributed by atoms with Crippen molar-refractivity contribution in [2.75, 3.05) is 0 Å². The lowest BCUT2D eigenvalue weighted by Crippen LogP contribution is -2.39. The molecule has 0 saturated heterocycles. The Hall–Kier alpha value is -1.37. The maximum atomic E-state index is 14.4. The highest BCUT2D eigenvalue weighted by molar-refractivity contribution is 7.90. The number of halogens is 1. The summed E-state index contributed by atoms with van der Waals surface area (Å²) in [5, 5.41) is 9.56. The summed E-state index contributed by atoms with van der Waals surface area (Å²) in [6.45, 7) is 10.5. The van der Waals surface area contributed by atoms with Crippen LogP contribution in [0.2, 0.25) is 0 Å². The van der Waals surface area contributed by atoms with Crippen LogP contribution in [0.25, 0.3) is 5.57 Å². The average molecular weight is 312 g/mol. The summed E-state index contributed by atoms with van der Waals surface area (Å²) in [6.07, 6.45) is 2.83. The molecule has 0 aliphatic carbocycles. The largest absolute Gasteiger partial charge is 0.598 e. The minimum atomic E-state index is -1.31. The molecule has 1 heterocycles. The predicted molar refractivity (Wildman–Crippen MR) is 84.3 cm³/mol. The van der Waals surface area contributed by atoms with Crippen LogP contribution in [0.4, 0.5) is 4.39 Å². The second-order valence-corrected chi connectivity index (χ2v) is 7.58. The number of nitrogens with zero attached hydrogens (tertiary/aromatic N) is 1. The molecule has 1 atom stereocenters. The summed E-state index contributed by atoms with van der Waals surface area (Å²) in [7, 11) is 0. The fourth-order valence-corrected chi connectivity index (χ4v) is 2.32. The molecule has 0 aromatic carbocycles. The van der Waals surface area contributed by atoms with Gasteiger partial charge in [0.25, 0.3) is 0 Å². The molecule has 6 heteroatoms. The lowest BCUT2D eigenvalue weighted by Gasteiger charge is -2.23. The molecule has 2 N–H and O–H groups in total. The van der Waals surface area contributed by atoms with E-state index >= 15 is 0 Å². The number of aromatic nitrogens is 1. The van der Waals surface area contributed by atoms with Crippen molar-refractivity contribution in [3.63, 3.8) is 0 Å². The number of hydrogen-bond acceptors (Lipinski definition) is 4. The summed E-state index contributed by atoms with van der Waals surface area (Å²) in [4.78, 5) is 3.96. The van der Waals surface area contributed by atoms with E-state index in [1.165, 1.54) is 25.3 Å². The highest BCUT2D eigenvalue weighted by Gasteiger charge is 2.26. The smallest absolute Gasteiger partial charge is 0.154 e. The second kappa shape index (κ2) is 7.06. The van der Waals surface area contributed by atoms with Gasteiger partial charge in [-0.05, 0) is 33.8 Å². The molecular weight excluding hydrogens is 291 g/mol. The molecule has 1 aromatic heterocycles. The second-order valence-electron chi connectivity index (χ2n) is 5.52. The van der Waals surface area contributed by atoms with Crippen LogP contribution in [0.3, 0.4) is 0 Å². The van der Waals surface area contributed by atoms with Gasteiger partial charge in [0.2, 0.25) is 0 Å². The van der Waals surface area contributed by atoms with E-state index < -0.39 is 21.9 Å². The number of rotatable bonds is 5. The lowest BCUT2D eigenvalue weighted by molar-refractivity contribution is 0.417. The van der Waals surface area contributed by atoms with Gasteiger partial charge >= 0.3 is 0 Å². The van der Waals surface area contributed by atoms with Crippen LogP contribution < -0.4 is 4.72 Å². The predicted octanol–water partition coefficient (Wildman–Crippen LogP) is 3.25. The molecule has 0 amide bonds. The zero-order chi connectivity index (χ0) is 16.2. The highest BCUT2D eigenvalue weighted by atomic mass is 32.2. The van der Waals surface area contributed by atoms with Crippen molar-refractivity contribution >= 4 is 16.9 Å². The first-order valence-corrected chi connectivity index (χ1v) is 7.65. The lowest BCUT2D eigenvalue weighted by atomic mass is 10.0. The van der Waals surface area contributed by atoms with Crippen molar-refractivity contribution in [1.29, 1.82) is 0 Å². The molecule has 1 rings (SSSR count). The Morgan fingerprint density at radius 3 is 2.67 bits per heavy atom. The van der Waals surface area contributed by atoms with Gasteiger partial charge in [0.05, 0.1) is 18.0 Å². The SMILES string of the molecule is C=C/C(=C(\C)O)c1ccnc(CN[S@@+]([O-])C(C)(C)C)c1F. The molecule has 0 radical (unpaired) electrons. The Balaban J connectivity index is 3.02. The van der Waals surface area contributed by atoms with Crippen molar-refractivity contribution < 1.29 is 14.0 Å². The number of hydrogen-bond donors (Lipinski definition) is 2. The zero-order valence-corrected chi connectivity index (χ0v) is 13.6. The van der Waals surface area contributed by atoms with Crippen LogP contribution in [0.5, 0.6) is 0 Å². The number of aliphatic hydroxyl groups is 1. The third kappa shape index (κ3) is 4.56. The van der Waals surface area contributed by atoms with Gasteiger partial charge in [0, 0.05) is 28.7 Å². The van der Waals surface area contributed by atoms with E-state index in [0.29, 0.717) is 5.57 Å². The minimum absolute atomic E-state index is 0.0210. The van der Waals surface area contributed by atoms with Crippen LogP contribution in [0, 0.1) is 5.82 Å². The summed E-state index contributed by atoms with van der Waals surface area (Å²) in [5.74, 6) is -0.577. The molecule has 0 aliphatic heterocycles. The van der Waals surface area contributed by atoms with Gasteiger partial charge in [-0.25, -0.2) is 4.39 Å². The summed E-state index contributed by atoms with van der Waals surface area (Å²) in [5.41, 5.74) is 0.678. The minimum Gasteiger partial charge on any atom is -0.598 e. The van der Waals surface area contributed by atoms with Crippen LogP contribution in [0.1, 0.15) is 39.0 Å².